The summed E-state index contributed by atoms with van der Waals surface area (Å²) in [5, 5.41) is 6.00. The van der Waals surface area contributed by atoms with E-state index in [9.17, 15) is 4.79 Å². The van der Waals surface area contributed by atoms with E-state index in [0.29, 0.717) is 25.5 Å². The van der Waals surface area contributed by atoms with E-state index in [0.717, 1.165) is 58.1 Å². The summed E-state index contributed by atoms with van der Waals surface area (Å²) in [5.41, 5.74) is 12.0. The van der Waals surface area contributed by atoms with Crippen LogP contribution in [0.15, 0.2) is 66.7 Å². The highest BCUT2D eigenvalue weighted by atomic mass is 16.5. The minimum absolute atomic E-state index is 0.198. The number of carbonyl (C=O) groups excluding carboxylic acids is 1. The first kappa shape index (κ1) is 27.4. The van der Waals surface area contributed by atoms with E-state index in [1.165, 1.54) is 0 Å². The third-order valence-corrected chi connectivity index (χ3v) is 6.84. The zero-order valence-electron chi connectivity index (χ0n) is 22.9. The molecule has 0 aliphatic carbocycles. The molecule has 2 N–H and O–H groups in total. The largest absolute Gasteiger partial charge is 0.487 e. The molecule has 3 aromatic carbocycles. The summed E-state index contributed by atoms with van der Waals surface area (Å²) in [6.07, 6.45) is 2.68. The zero-order chi connectivity index (χ0) is 27.1. The quantitative estimate of drug-likeness (QED) is 0.203. The second kappa shape index (κ2) is 12.7. The Labute approximate surface area is 225 Å². The summed E-state index contributed by atoms with van der Waals surface area (Å²) >= 11 is 0. The lowest BCUT2D eigenvalue weighted by molar-refractivity contribution is -0.145. The van der Waals surface area contributed by atoms with E-state index in [1.54, 1.807) is 0 Å². The highest BCUT2D eigenvalue weighted by Crippen LogP contribution is 2.33. The minimum Gasteiger partial charge on any atom is -0.487 e. The molecule has 1 heterocycles. The number of ether oxygens (including phenoxy) is 2. The van der Waals surface area contributed by atoms with Crippen LogP contribution in [-0.2, 0) is 22.7 Å². The van der Waals surface area contributed by atoms with Crippen molar-refractivity contribution in [3.63, 3.8) is 0 Å². The van der Waals surface area contributed by atoms with Crippen molar-refractivity contribution in [2.45, 2.75) is 72.1 Å². The second-order valence-corrected chi connectivity index (χ2v) is 9.89. The fraction of sp³-hybridized carbons (Fsp3) is 0.375. The van der Waals surface area contributed by atoms with Gasteiger partial charge in [0, 0.05) is 23.5 Å². The van der Waals surface area contributed by atoms with Crippen LogP contribution in [0.25, 0.3) is 22.0 Å². The Kier molecular flexibility index (Phi) is 9.19. The SMILES string of the molecule is CCCCC(C(=O)OCC)c1ccccc1OCc1nn(C(C)C)c2ccc(-c3cccc(CN)c3)cc12. The molecule has 0 saturated carbocycles. The van der Waals surface area contributed by atoms with Gasteiger partial charge in [0.2, 0.25) is 0 Å². The van der Waals surface area contributed by atoms with Crippen LogP contribution in [-0.4, -0.2) is 22.4 Å². The van der Waals surface area contributed by atoms with Gasteiger partial charge in [0.05, 0.1) is 18.0 Å². The standard InChI is InChI=1S/C32H39N3O3/c1-5-7-13-27(32(36)37-6-2)26-14-8-9-15-31(26)38-21-29-28-19-25(24-12-10-11-23(18-24)20-33)16-17-30(28)35(34-29)22(3)4/h8-12,14-19,22,27H,5-7,13,20-21,33H2,1-4H3. The lowest BCUT2D eigenvalue weighted by Gasteiger charge is -2.19. The van der Waals surface area contributed by atoms with Crippen molar-refractivity contribution in [2.75, 3.05) is 6.61 Å². The maximum atomic E-state index is 12.8. The molecule has 0 bridgehead atoms. The van der Waals surface area contributed by atoms with Gasteiger partial charge in [-0.15, -0.1) is 0 Å². The van der Waals surface area contributed by atoms with Gasteiger partial charge in [0.15, 0.2) is 0 Å². The molecule has 6 heteroatoms. The molecule has 200 valence electrons. The molecule has 1 unspecified atom stereocenters. The smallest absolute Gasteiger partial charge is 0.313 e. The summed E-state index contributed by atoms with van der Waals surface area (Å²) in [4.78, 5) is 12.8. The van der Waals surface area contributed by atoms with Crippen molar-refractivity contribution >= 4 is 16.9 Å². The lowest BCUT2D eigenvalue weighted by Crippen LogP contribution is -2.17. The number of aromatic nitrogens is 2. The summed E-state index contributed by atoms with van der Waals surface area (Å²) in [6, 6.07) is 22.8. The molecule has 0 fully saturated rings. The van der Waals surface area contributed by atoms with Crippen molar-refractivity contribution in [2.24, 2.45) is 5.73 Å². The normalized spacial score (nSPS) is 12.2. The Morgan fingerprint density at radius 2 is 1.79 bits per heavy atom. The molecule has 38 heavy (non-hydrogen) atoms. The summed E-state index contributed by atoms with van der Waals surface area (Å²) in [5.74, 6) is 0.147. The molecule has 0 spiro atoms. The third-order valence-electron chi connectivity index (χ3n) is 6.84. The number of benzene rings is 3. The Morgan fingerprint density at radius 1 is 1.00 bits per heavy atom. The van der Waals surface area contributed by atoms with Crippen LogP contribution >= 0.6 is 0 Å². The summed E-state index contributed by atoms with van der Waals surface area (Å²) in [6.45, 7) is 9.38. The Balaban J connectivity index is 1.69. The van der Waals surface area contributed by atoms with Crippen molar-refractivity contribution in [3.8, 4) is 16.9 Å². The van der Waals surface area contributed by atoms with Crippen LogP contribution in [0.4, 0.5) is 0 Å². The number of fused-ring (bicyclic) bond motifs is 1. The molecule has 4 rings (SSSR count). The van der Waals surface area contributed by atoms with E-state index in [-0.39, 0.29) is 17.9 Å². The van der Waals surface area contributed by atoms with Gasteiger partial charge in [0.1, 0.15) is 18.1 Å². The van der Waals surface area contributed by atoms with Crippen LogP contribution in [0, 0.1) is 0 Å². The van der Waals surface area contributed by atoms with Gasteiger partial charge in [-0.2, -0.15) is 5.10 Å². The predicted octanol–water partition coefficient (Wildman–Crippen LogP) is 7.16. The van der Waals surface area contributed by atoms with Gasteiger partial charge in [0.25, 0.3) is 0 Å². The molecule has 1 aromatic heterocycles. The van der Waals surface area contributed by atoms with E-state index in [2.05, 4.69) is 51.1 Å². The molecule has 1 atom stereocenters. The highest BCUT2D eigenvalue weighted by molar-refractivity contribution is 5.87. The molecule has 6 nitrogen and oxygen atoms in total. The van der Waals surface area contributed by atoms with E-state index >= 15 is 0 Å². The summed E-state index contributed by atoms with van der Waals surface area (Å²) in [7, 11) is 0. The van der Waals surface area contributed by atoms with Crippen molar-refractivity contribution in [3.05, 3.63) is 83.6 Å². The van der Waals surface area contributed by atoms with Gasteiger partial charge in [-0.3, -0.25) is 9.48 Å². The lowest BCUT2D eigenvalue weighted by atomic mass is 9.93. The fourth-order valence-corrected chi connectivity index (χ4v) is 4.86. The van der Waals surface area contributed by atoms with Crippen LogP contribution < -0.4 is 10.5 Å². The zero-order valence-corrected chi connectivity index (χ0v) is 22.9. The van der Waals surface area contributed by atoms with Crippen LogP contribution in [0.5, 0.6) is 5.75 Å². The van der Waals surface area contributed by atoms with Gasteiger partial charge >= 0.3 is 5.97 Å². The first-order chi connectivity index (χ1) is 18.5. The maximum absolute atomic E-state index is 12.8. The van der Waals surface area contributed by atoms with Gasteiger partial charge < -0.3 is 15.2 Å². The number of nitrogens with two attached hydrogens (primary N) is 1. The number of esters is 1. The van der Waals surface area contributed by atoms with E-state index < -0.39 is 0 Å². The maximum Gasteiger partial charge on any atom is 0.313 e. The highest BCUT2D eigenvalue weighted by Gasteiger charge is 2.25. The average Bonchev–Trinajstić information content (AvgIpc) is 3.31. The van der Waals surface area contributed by atoms with Crippen LogP contribution in [0.2, 0.25) is 0 Å². The van der Waals surface area contributed by atoms with E-state index in [1.807, 2.05) is 48.0 Å². The molecule has 0 aliphatic rings. The second-order valence-electron chi connectivity index (χ2n) is 9.89. The average molecular weight is 514 g/mol. The number of para-hydroxylation sites is 1. The van der Waals surface area contributed by atoms with Crippen molar-refractivity contribution in [1.29, 1.82) is 0 Å². The Bertz CT molecular complexity index is 1380. The Morgan fingerprint density at radius 3 is 2.53 bits per heavy atom. The monoisotopic (exact) mass is 513 g/mol. The molecule has 0 saturated heterocycles. The van der Waals surface area contributed by atoms with Gasteiger partial charge in [-0.05, 0) is 68.1 Å². The molecular weight excluding hydrogens is 474 g/mol. The van der Waals surface area contributed by atoms with E-state index in [4.69, 9.17) is 20.3 Å². The number of hydrogen-bond acceptors (Lipinski definition) is 5. The first-order valence-corrected chi connectivity index (χ1v) is 13.7. The Hall–Kier alpha value is -3.64. The first-order valence-electron chi connectivity index (χ1n) is 13.7. The minimum atomic E-state index is -0.350. The predicted molar refractivity (Wildman–Crippen MR) is 153 cm³/mol. The van der Waals surface area contributed by atoms with Crippen LogP contribution in [0.1, 0.15) is 75.7 Å². The molecular formula is C32H39N3O3. The number of hydrogen-bond donors (Lipinski definition) is 1. The fourth-order valence-electron chi connectivity index (χ4n) is 4.86. The number of nitrogens with zero attached hydrogens (tertiary/aromatic N) is 2. The number of rotatable bonds is 12. The number of unbranched alkanes of at least 4 members (excludes halogenated alkanes) is 1. The third kappa shape index (κ3) is 6.08. The van der Waals surface area contributed by atoms with Crippen molar-refractivity contribution < 1.29 is 14.3 Å². The van der Waals surface area contributed by atoms with Crippen molar-refractivity contribution in [1.82, 2.24) is 9.78 Å². The summed E-state index contributed by atoms with van der Waals surface area (Å²) < 4.78 is 13.9. The van der Waals surface area contributed by atoms with Gasteiger partial charge in [-0.25, -0.2) is 0 Å². The number of carbonyl (C=O) groups is 1. The topological polar surface area (TPSA) is 79.4 Å². The molecule has 0 amide bonds. The van der Waals surface area contributed by atoms with Crippen LogP contribution in [0.3, 0.4) is 0 Å². The molecule has 4 aromatic rings. The van der Waals surface area contributed by atoms with Gasteiger partial charge in [-0.1, -0.05) is 62.2 Å². The molecule has 0 radical (unpaired) electrons. The molecule has 0 aliphatic heterocycles.